The first-order valence-corrected chi connectivity index (χ1v) is 10.0. The van der Waals surface area contributed by atoms with Crippen molar-refractivity contribution >= 4 is 34.4 Å². The number of rotatable bonds is 5. The Hall–Kier alpha value is -3.70. The van der Waals surface area contributed by atoms with Gasteiger partial charge < -0.3 is 10.2 Å². The van der Waals surface area contributed by atoms with Gasteiger partial charge in [0, 0.05) is 36.2 Å². The highest BCUT2D eigenvalue weighted by Gasteiger charge is 2.31. The molecule has 3 aromatic rings. The molecule has 0 atom stereocenters. The molecule has 0 unspecified atom stereocenters. The molecule has 0 aliphatic carbocycles. The summed E-state index contributed by atoms with van der Waals surface area (Å²) < 4.78 is 1.22. The summed E-state index contributed by atoms with van der Waals surface area (Å²) in [6.07, 6.45) is 1.53. The van der Waals surface area contributed by atoms with Crippen molar-refractivity contribution in [3.05, 3.63) is 75.2 Å². The van der Waals surface area contributed by atoms with E-state index in [0.717, 1.165) is 5.56 Å². The predicted molar refractivity (Wildman–Crippen MR) is 114 cm³/mol. The van der Waals surface area contributed by atoms with Gasteiger partial charge in [0.05, 0.1) is 12.0 Å². The largest absolute Gasteiger partial charge is 0.348 e. The van der Waals surface area contributed by atoms with Gasteiger partial charge in [-0.1, -0.05) is 23.7 Å². The van der Waals surface area contributed by atoms with Gasteiger partial charge in [0.25, 0.3) is 11.5 Å². The van der Waals surface area contributed by atoms with Crippen LogP contribution in [0.15, 0.2) is 53.5 Å². The Balaban J connectivity index is 1.60. The Morgan fingerprint density at radius 3 is 2.68 bits per heavy atom. The average Bonchev–Trinajstić information content (AvgIpc) is 2.74. The number of hydrogen-bond donors (Lipinski definition) is 1. The molecule has 9 heteroatoms. The van der Waals surface area contributed by atoms with Gasteiger partial charge in [0.2, 0.25) is 5.91 Å². The summed E-state index contributed by atoms with van der Waals surface area (Å²) in [7, 11) is 0. The van der Waals surface area contributed by atoms with Gasteiger partial charge in [-0.2, -0.15) is 5.26 Å². The van der Waals surface area contributed by atoms with Crippen LogP contribution in [-0.2, 0) is 17.9 Å². The van der Waals surface area contributed by atoms with E-state index in [9.17, 15) is 14.4 Å². The fraction of sp³-hybridized carbons (Fsp3) is 0.227. The summed E-state index contributed by atoms with van der Waals surface area (Å²) >= 11 is 5.87. The van der Waals surface area contributed by atoms with Gasteiger partial charge in [-0.15, -0.1) is 0 Å². The minimum absolute atomic E-state index is 0.0687. The maximum absolute atomic E-state index is 13.1. The van der Waals surface area contributed by atoms with E-state index in [0.29, 0.717) is 29.1 Å². The van der Waals surface area contributed by atoms with E-state index >= 15 is 0 Å². The number of benzene rings is 1. The second-order valence-corrected chi connectivity index (χ2v) is 7.74. The number of amides is 2. The van der Waals surface area contributed by atoms with Gasteiger partial charge in [0.1, 0.15) is 17.8 Å². The first kappa shape index (κ1) is 20.6. The molecule has 1 fully saturated rings. The van der Waals surface area contributed by atoms with Crippen LogP contribution in [0, 0.1) is 17.2 Å². The van der Waals surface area contributed by atoms with Crippen LogP contribution in [0.3, 0.4) is 0 Å². The first-order valence-electron chi connectivity index (χ1n) is 9.65. The number of carbonyl (C=O) groups excluding carboxylic acids is 2. The molecule has 2 amide bonds. The van der Waals surface area contributed by atoms with Gasteiger partial charge in [0.15, 0.2) is 0 Å². The van der Waals surface area contributed by atoms with Gasteiger partial charge >= 0.3 is 0 Å². The Bertz CT molecular complexity index is 1260. The normalized spacial score (nSPS) is 13.5. The molecule has 1 aromatic carbocycles. The Morgan fingerprint density at radius 1 is 1.23 bits per heavy atom. The van der Waals surface area contributed by atoms with Crippen LogP contribution in [0.5, 0.6) is 0 Å². The van der Waals surface area contributed by atoms with Crippen molar-refractivity contribution in [2.45, 2.75) is 13.1 Å². The number of fused-ring (bicyclic) bond motifs is 1. The van der Waals surface area contributed by atoms with Crippen molar-refractivity contribution in [2.24, 2.45) is 5.92 Å². The third kappa shape index (κ3) is 4.27. The zero-order valence-corrected chi connectivity index (χ0v) is 17.2. The molecular weight excluding hydrogens is 418 g/mol. The lowest BCUT2D eigenvalue weighted by molar-refractivity contribution is -0.136. The number of halogens is 1. The SMILES string of the molecule is N#CC1CN(C(=O)Cn2c(=O)c(C(=O)NCc3ccc(Cl)cc3)cc3cccnc32)C1. The van der Waals surface area contributed by atoms with Crippen molar-refractivity contribution < 1.29 is 9.59 Å². The molecule has 4 rings (SSSR count). The molecule has 8 nitrogen and oxygen atoms in total. The molecule has 1 saturated heterocycles. The number of likely N-dealkylation sites (tertiary alicyclic amines) is 1. The highest BCUT2D eigenvalue weighted by atomic mass is 35.5. The molecule has 1 aliphatic rings. The lowest BCUT2D eigenvalue weighted by Crippen LogP contribution is -2.51. The van der Waals surface area contributed by atoms with Crippen LogP contribution < -0.4 is 10.9 Å². The van der Waals surface area contributed by atoms with Crippen molar-refractivity contribution in [2.75, 3.05) is 13.1 Å². The van der Waals surface area contributed by atoms with Crippen LogP contribution in [0.2, 0.25) is 5.02 Å². The van der Waals surface area contributed by atoms with Crippen LogP contribution in [-0.4, -0.2) is 39.4 Å². The number of nitriles is 1. The minimum Gasteiger partial charge on any atom is -0.348 e. The highest BCUT2D eigenvalue weighted by Crippen LogP contribution is 2.16. The second kappa shape index (κ2) is 8.58. The Morgan fingerprint density at radius 2 is 1.97 bits per heavy atom. The predicted octanol–water partition coefficient (Wildman–Crippen LogP) is 1.96. The molecule has 0 radical (unpaired) electrons. The Labute approximate surface area is 182 Å². The first-order chi connectivity index (χ1) is 15.0. The van der Waals surface area contributed by atoms with Crippen LogP contribution in [0.25, 0.3) is 11.0 Å². The third-order valence-corrected chi connectivity index (χ3v) is 5.42. The van der Waals surface area contributed by atoms with Crippen LogP contribution in [0.1, 0.15) is 15.9 Å². The summed E-state index contributed by atoms with van der Waals surface area (Å²) in [6, 6.07) is 14.0. The molecule has 2 aromatic heterocycles. The van der Waals surface area contributed by atoms with Crippen LogP contribution in [0.4, 0.5) is 0 Å². The molecule has 1 aliphatic heterocycles. The number of nitrogens with one attached hydrogen (secondary N) is 1. The van der Waals surface area contributed by atoms with E-state index in [1.807, 2.05) is 0 Å². The number of pyridine rings is 2. The lowest BCUT2D eigenvalue weighted by Gasteiger charge is -2.35. The summed E-state index contributed by atoms with van der Waals surface area (Å²) in [6.45, 7) is 0.666. The highest BCUT2D eigenvalue weighted by molar-refractivity contribution is 6.30. The van der Waals surface area contributed by atoms with Crippen molar-refractivity contribution in [1.82, 2.24) is 19.8 Å². The van der Waals surface area contributed by atoms with E-state index < -0.39 is 11.5 Å². The quantitative estimate of drug-likeness (QED) is 0.659. The van der Waals surface area contributed by atoms with Gasteiger partial charge in [-0.3, -0.25) is 19.0 Å². The number of hydrogen-bond acceptors (Lipinski definition) is 5. The van der Waals surface area contributed by atoms with Gasteiger partial charge in [-0.05, 0) is 35.9 Å². The van der Waals surface area contributed by atoms with Crippen molar-refractivity contribution in [3.8, 4) is 6.07 Å². The Kier molecular flexibility index (Phi) is 5.69. The summed E-state index contributed by atoms with van der Waals surface area (Å²) in [5.74, 6) is -1.01. The lowest BCUT2D eigenvalue weighted by atomic mass is 10.0. The standard InChI is InChI=1S/C22H18ClN5O3/c23-17-5-3-14(4-6-17)10-26-21(30)18-8-16-2-1-7-25-20(16)28(22(18)31)13-19(29)27-11-15(9-24)12-27/h1-8,15H,10-13H2,(H,26,30). The van der Waals surface area contributed by atoms with E-state index in [4.69, 9.17) is 16.9 Å². The summed E-state index contributed by atoms with van der Waals surface area (Å²) in [5.41, 5.74) is 0.499. The number of nitrogens with zero attached hydrogens (tertiary/aromatic N) is 4. The topological polar surface area (TPSA) is 108 Å². The molecule has 0 spiro atoms. The number of carbonyl (C=O) groups is 2. The average molecular weight is 436 g/mol. The fourth-order valence-corrected chi connectivity index (χ4v) is 3.52. The van der Waals surface area contributed by atoms with Crippen molar-refractivity contribution in [3.63, 3.8) is 0 Å². The van der Waals surface area contributed by atoms with E-state index in [-0.39, 0.29) is 30.5 Å². The molecule has 3 heterocycles. The molecule has 156 valence electrons. The maximum Gasteiger partial charge on any atom is 0.265 e. The molecule has 0 saturated carbocycles. The smallest absolute Gasteiger partial charge is 0.265 e. The fourth-order valence-electron chi connectivity index (χ4n) is 3.39. The molecule has 0 bridgehead atoms. The summed E-state index contributed by atoms with van der Waals surface area (Å²) in [5, 5.41) is 12.8. The molecule has 31 heavy (non-hydrogen) atoms. The number of aromatic nitrogens is 2. The zero-order chi connectivity index (χ0) is 22.0. The van der Waals surface area contributed by atoms with E-state index in [1.165, 1.54) is 21.7 Å². The zero-order valence-electron chi connectivity index (χ0n) is 16.4. The summed E-state index contributed by atoms with van der Waals surface area (Å²) in [4.78, 5) is 44.2. The third-order valence-electron chi connectivity index (χ3n) is 5.17. The maximum atomic E-state index is 13.1. The van der Waals surface area contributed by atoms with Crippen molar-refractivity contribution in [1.29, 1.82) is 5.26 Å². The van der Waals surface area contributed by atoms with E-state index in [1.54, 1.807) is 36.4 Å². The van der Waals surface area contributed by atoms with Crippen LogP contribution >= 0.6 is 11.6 Å². The molecular formula is C22H18ClN5O3. The molecule has 1 N–H and O–H groups in total. The monoisotopic (exact) mass is 435 g/mol. The van der Waals surface area contributed by atoms with E-state index in [2.05, 4.69) is 16.4 Å². The second-order valence-electron chi connectivity index (χ2n) is 7.30. The minimum atomic E-state index is -0.592. The van der Waals surface area contributed by atoms with Gasteiger partial charge in [-0.25, -0.2) is 4.98 Å².